The molecule has 0 aromatic heterocycles. The number of rotatable bonds is 5. The minimum absolute atomic E-state index is 0. The van der Waals surface area contributed by atoms with E-state index in [1.54, 1.807) is 18.2 Å². The molecule has 1 fully saturated rings. The maximum absolute atomic E-state index is 12.8. The summed E-state index contributed by atoms with van der Waals surface area (Å²) < 4.78 is 10.6. The van der Waals surface area contributed by atoms with Gasteiger partial charge in [-0.3, -0.25) is 9.59 Å². The number of halogens is 1. The molecule has 154 valence electrons. The van der Waals surface area contributed by atoms with Gasteiger partial charge in [0.1, 0.15) is 0 Å². The Balaban J connectivity index is 0.00000240. The Morgan fingerprint density at radius 3 is 2.66 bits per heavy atom. The Morgan fingerprint density at radius 2 is 1.83 bits per heavy atom. The van der Waals surface area contributed by atoms with Gasteiger partial charge in [0.15, 0.2) is 11.5 Å². The normalized spacial score (nSPS) is 14.8. The summed E-state index contributed by atoms with van der Waals surface area (Å²) in [5.41, 5.74) is 1.30. The Hall–Kier alpha value is -2.42. The second kappa shape index (κ2) is 9.87. The number of hydrogen-bond acceptors (Lipinski definition) is 6. The van der Waals surface area contributed by atoms with Crippen LogP contribution in [0.25, 0.3) is 0 Å². The maximum atomic E-state index is 12.8. The van der Waals surface area contributed by atoms with Gasteiger partial charge in [-0.05, 0) is 24.3 Å². The van der Waals surface area contributed by atoms with Gasteiger partial charge < -0.3 is 25.0 Å². The minimum atomic E-state index is -0.145. The molecule has 0 spiro atoms. The first-order valence-electron chi connectivity index (χ1n) is 9.12. The Labute approximate surface area is 179 Å². The van der Waals surface area contributed by atoms with Crippen molar-refractivity contribution in [1.82, 2.24) is 10.2 Å². The van der Waals surface area contributed by atoms with E-state index in [1.165, 1.54) is 11.8 Å². The topological polar surface area (TPSA) is 79.9 Å². The number of carbonyl (C=O) groups excluding carboxylic acids is 2. The van der Waals surface area contributed by atoms with Crippen LogP contribution in [-0.2, 0) is 4.79 Å². The molecule has 1 saturated heterocycles. The lowest BCUT2D eigenvalue weighted by Gasteiger charge is -2.28. The molecule has 4 rings (SSSR count). The number of thioether (sulfide) groups is 1. The summed E-state index contributed by atoms with van der Waals surface area (Å²) in [5.74, 6) is 1.37. The van der Waals surface area contributed by atoms with Crippen LogP contribution in [-0.4, -0.2) is 55.4 Å². The first kappa shape index (κ1) is 21.3. The van der Waals surface area contributed by atoms with Gasteiger partial charge in [-0.2, -0.15) is 0 Å². The van der Waals surface area contributed by atoms with Crippen LogP contribution in [0, 0.1) is 0 Å². The van der Waals surface area contributed by atoms with Crippen molar-refractivity contribution in [2.75, 3.05) is 44.0 Å². The summed E-state index contributed by atoms with van der Waals surface area (Å²) in [4.78, 5) is 27.8. The molecule has 2 aromatic rings. The molecule has 2 aliphatic rings. The molecule has 0 unspecified atom stereocenters. The number of fused-ring (bicyclic) bond motifs is 1. The van der Waals surface area contributed by atoms with Crippen molar-refractivity contribution < 1.29 is 19.1 Å². The van der Waals surface area contributed by atoms with Crippen LogP contribution in [0.4, 0.5) is 5.69 Å². The Bertz CT molecular complexity index is 890. The number of nitrogens with one attached hydrogen (secondary N) is 2. The van der Waals surface area contributed by atoms with Gasteiger partial charge in [0.25, 0.3) is 5.91 Å². The predicted molar refractivity (Wildman–Crippen MR) is 114 cm³/mol. The zero-order valence-electron chi connectivity index (χ0n) is 15.7. The molecule has 29 heavy (non-hydrogen) atoms. The van der Waals surface area contributed by atoms with Crippen LogP contribution in [0.3, 0.4) is 0 Å². The summed E-state index contributed by atoms with van der Waals surface area (Å²) in [6.07, 6.45) is 0. The highest BCUT2D eigenvalue weighted by molar-refractivity contribution is 8.00. The fraction of sp³-hybridized carbons (Fsp3) is 0.300. The van der Waals surface area contributed by atoms with E-state index >= 15 is 0 Å². The van der Waals surface area contributed by atoms with Crippen LogP contribution in [0.15, 0.2) is 47.4 Å². The largest absolute Gasteiger partial charge is 0.454 e. The van der Waals surface area contributed by atoms with Gasteiger partial charge in [-0.15, -0.1) is 24.2 Å². The van der Waals surface area contributed by atoms with E-state index in [4.69, 9.17) is 9.47 Å². The highest BCUT2D eigenvalue weighted by atomic mass is 35.5. The Morgan fingerprint density at radius 1 is 1.07 bits per heavy atom. The number of anilines is 1. The molecule has 0 bridgehead atoms. The highest BCUT2D eigenvalue weighted by Gasteiger charge is 2.21. The zero-order chi connectivity index (χ0) is 19.3. The van der Waals surface area contributed by atoms with Crippen molar-refractivity contribution >= 4 is 41.7 Å². The lowest BCUT2D eigenvalue weighted by molar-refractivity contribution is -0.113. The molecule has 9 heteroatoms. The average molecular weight is 436 g/mol. The van der Waals surface area contributed by atoms with Crippen molar-refractivity contribution in [3.05, 3.63) is 48.0 Å². The van der Waals surface area contributed by atoms with Gasteiger partial charge >= 0.3 is 0 Å². The van der Waals surface area contributed by atoms with E-state index < -0.39 is 0 Å². The number of carbonyl (C=O) groups is 2. The van der Waals surface area contributed by atoms with Crippen molar-refractivity contribution in [3.63, 3.8) is 0 Å². The molecule has 0 aliphatic carbocycles. The molecule has 2 aromatic carbocycles. The van der Waals surface area contributed by atoms with Gasteiger partial charge in [-0.1, -0.05) is 12.1 Å². The fourth-order valence-electron chi connectivity index (χ4n) is 3.12. The zero-order valence-corrected chi connectivity index (χ0v) is 17.3. The first-order valence-corrected chi connectivity index (χ1v) is 10.1. The highest BCUT2D eigenvalue weighted by Crippen LogP contribution is 2.34. The molecular formula is C20H22ClN3O4S. The van der Waals surface area contributed by atoms with Gasteiger partial charge in [0.2, 0.25) is 12.7 Å². The van der Waals surface area contributed by atoms with Gasteiger partial charge in [0, 0.05) is 42.8 Å². The SMILES string of the molecule is Cl.O=C(CSc1ccccc1C(=O)N1CCNCC1)Nc1ccc2c(c1)OCO2. The molecular weight excluding hydrogens is 414 g/mol. The van der Waals surface area contributed by atoms with Crippen molar-refractivity contribution in [1.29, 1.82) is 0 Å². The monoisotopic (exact) mass is 435 g/mol. The number of ether oxygens (including phenoxy) is 2. The number of benzene rings is 2. The third-order valence-electron chi connectivity index (χ3n) is 4.54. The van der Waals surface area contributed by atoms with Crippen LogP contribution >= 0.6 is 24.2 Å². The van der Waals surface area contributed by atoms with Crippen molar-refractivity contribution in [2.24, 2.45) is 0 Å². The smallest absolute Gasteiger partial charge is 0.255 e. The summed E-state index contributed by atoms with van der Waals surface area (Å²) in [6.45, 7) is 3.20. The Kier molecular flexibility index (Phi) is 7.24. The molecule has 2 N–H and O–H groups in total. The maximum Gasteiger partial charge on any atom is 0.255 e. The second-order valence-electron chi connectivity index (χ2n) is 6.44. The molecule has 2 aliphatic heterocycles. The third kappa shape index (κ3) is 5.14. The summed E-state index contributed by atoms with van der Waals surface area (Å²) in [5, 5.41) is 6.10. The van der Waals surface area contributed by atoms with E-state index in [-0.39, 0.29) is 36.8 Å². The first-order chi connectivity index (χ1) is 13.7. The fourth-order valence-corrected chi connectivity index (χ4v) is 3.97. The number of hydrogen-bond donors (Lipinski definition) is 2. The quantitative estimate of drug-likeness (QED) is 0.703. The molecule has 2 heterocycles. The molecule has 7 nitrogen and oxygen atoms in total. The van der Waals surface area contributed by atoms with Crippen LogP contribution in [0.5, 0.6) is 11.5 Å². The van der Waals surface area contributed by atoms with E-state index in [1.807, 2.05) is 29.2 Å². The van der Waals surface area contributed by atoms with Crippen LogP contribution < -0.4 is 20.1 Å². The van der Waals surface area contributed by atoms with Gasteiger partial charge in [-0.25, -0.2) is 0 Å². The number of amides is 2. The minimum Gasteiger partial charge on any atom is -0.454 e. The number of piperazine rings is 1. The lowest BCUT2D eigenvalue weighted by Crippen LogP contribution is -2.46. The van der Waals surface area contributed by atoms with E-state index in [0.29, 0.717) is 35.8 Å². The van der Waals surface area contributed by atoms with Gasteiger partial charge in [0.05, 0.1) is 11.3 Å². The summed E-state index contributed by atoms with van der Waals surface area (Å²) in [7, 11) is 0. The standard InChI is InChI=1S/C20H21N3O4S.ClH/c24-19(22-14-5-6-16-17(11-14)27-13-26-16)12-28-18-4-2-1-3-15(18)20(25)23-9-7-21-8-10-23;/h1-6,11,21H,7-10,12-13H2,(H,22,24);1H. The summed E-state index contributed by atoms with van der Waals surface area (Å²) in [6, 6.07) is 12.7. The van der Waals surface area contributed by atoms with E-state index in [9.17, 15) is 9.59 Å². The van der Waals surface area contributed by atoms with E-state index in [2.05, 4.69) is 10.6 Å². The predicted octanol–water partition coefficient (Wildman–Crippen LogP) is 2.61. The number of nitrogens with zero attached hydrogens (tertiary/aromatic N) is 1. The molecule has 2 amide bonds. The third-order valence-corrected chi connectivity index (χ3v) is 5.61. The van der Waals surface area contributed by atoms with Crippen molar-refractivity contribution in [3.8, 4) is 11.5 Å². The molecule has 0 saturated carbocycles. The average Bonchev–Trinajstić information content (AvgIpc) is 3.20. The van der Waals surface area contributed by atoms with Crippen LogP contribution in [0.2, 0.25) is 0 Å². The lowest BCUT2D eigenvalue weighted by atomic mass is 10.2. The second-order valence-corrected chi connectivity index (χ2v) is 7.46. The van der Waals surface area contributed by atoms with E-state index in [0.717, 1.165) is 18.0 Å². The van der Waals surface area contributed by atoms with Crippen LogP contribution in [0.1, 0.15) is 10.4 Å². The summed E-state index contributed by atoms with van der Waals surface area (Å²) >= 11 is 1.36. The van der Waals surface area contributed by atoms with Crippen molar-refractivity contribution in [2.45, 2.75) is 4.90 Å². The molecule has 0 atom stereocenters. The molecule has 0 radical (unpaired) electrons.